The summed E-state index contributed by atoms with van der Waals surface area (Å²) in [5.74, 6) is 0.435. The minimum Gasteiger partial charge on any atom is -0.364 e. The molecule has 1 aliphatic rings. The van der Waals surface area contributed by atoms with Crippen LogP contribution in [0.4, 0.5) is 17.3 Å². The first-order valence-electron chi connectivity index (χ1n) is 7.43. The van der Waals surface area contributed by atoms with Gasteiger partial charge in [-0.1, -0.05) is 11.6 Å². The van der Waals surface area contributed by atoms with Gasteiger partial charge in [0.2, 0.25) is 11.6 Å². The molecular formula is C14H22N6O2. The second kappa shape index (κ2) is 7.69. The Kier molecular flexibility index (Phi) is 5.65. The molecule has 2 rings (SSSR count). The highest BCUT2D eigenvalue weighted by Gasteiger charge is 2.23. The van der Waals surface area contributed by atoms with Gasteiger partial charge in [-0.25, -0.2) is 15.0 Å². The van der Waals surface area contributed by atoms with E-state index >= 15 is 0 Å². The maximum Gasteiger partial charge on any atom is 0.354 e. The van der Waals surface area contributed by atoms with Crippen molar-refractivity contribution in [3.8, 4) is 0 Å². The lowest BCUT2D eigenvalue weighted by atomic mass is 9.97. The predicted octanol–water partition coefficient (Wildman–Crippen LogP) is 2.58. The number of anilines is 2. The Hall–Kier alpha value is -2.22. The Morgan fingerprint density at radius 2 is 2.09 bits per heavy atom. The van der Waals surface area contributed by atoms with Crippen molar-refractivity contribution in [2.75, 3.05) is 31.4 Å². The molecule has 1 aliphatic carbocycles. The molecule has 0 bridgehead atoms. The van der Waals surface area contributed by atoms with Crippen LogP contribution in [-0.2, 0) is 0 Å². The smallest absolute Gasteiger partial charge is 0.354 e. The maximum atomic E-state index is 11.3. The highest BCUT2D eigenvalue weighted by molar-refractivity contribution is 5.68. The summed E-state index contributed by atoms with van der Waals surface area (Å²) in [7, 11) is 3.49. The van der Waals surface area contributed by atoms with Crippen LogP contribution >= 0.6 is 0 Å². The van der Waals surface area contributed by atoms with Crippen LogP contribution < -0.4 is 10.7 Å². The van der Waals surface area contributed by atoms with Crippen LogP contribution in [0.25, 0.3) is 0 Å². The summed E-state index contributed by atoms with van der Waals surface area (Å²) in [6.45, 7) is 0.630. The third-order valence-corrected chi connectivity index (χ3v) is 3.46. The molecule has 0 atom stereocenters. The van der Waals surface area contributed by atoms with Gasteiger partial charge in [-0.2, -0.15) is 0 Å². The molecule has 0 fully saturated rings. The lowest BCUT2D eigenvalue weighted by Gasteiger charge is -2.15. The molecule has 0 saturated heterocycles. The highest BCUT2D eigenvalue weighted by Crippen LogP contribution is 2.29. The molecule has 1 aromatic heterocycles. The van der Waals surface area contributed by atoms with E-state index in [1.807, 2.05) is 0 Å². The monoisotopic (exact) mass is 306 g/mol. The van der Waals surface area contributed by atoms with Gasteiger partial charge in [0.1, 0.15) is 6.33 Å². The van der Waals surface area contributed by atoms with Gasteiger partial charge < -0.3 is 5.32 Å². The van der Waals surface area contributed by atoms with Crippen molar-refractivity contribution in [2.45, 2.75) is 32.1 Å². The third kappa shape index (κ3) is 4.39. The van der Waals surface area contributed by atoms with Crippen LogP contribution in [0.5, 0.6) is 0 Å². The fourth-order valence-electron chi connectivity index (χ4n) is 2.45. The molecule has 8 nitrogen and oxygen atoms in total. The van der Waals surface area contributed by atoms with Gasteiger partial charge in [0.05, 0.1) is 4.92 Å². The van der Waals surface area contributed by atoms with Gasteiger partial charge in [-0.15, -0.1) is 0 Å². The minimum atomic E-state index is -0.464. The van der Waals surface area contributed by atoms with E-state index in [4.69, 9.17) is 0 Å². The summed E-state index contributed by atoms with van der Waals surface area (Å²) >= 11 is 0. The first-order valence-corrected chi connectivity index (χ1v) is 7.43. The van der Waals surface area contributed by atoms with Gasteiger partial charge in [-0.05, 0) is 32.1 Å². The zero-order valence-electron chi connectivity index (χ0n) is 13.0. The Labute approximate surface area is 129 Å². The van der Waals surface area contributed by atoms with Gasteiger partial charge in [0.25, 0.3) is 0 Å². The van der Waals surface area contributed by atoms with Crippen molar-refractivity contribution in [3.05, 3.63) is 28.1 Å². The molecule has 0 amide bonds. The van der Waals surface area contributed by atoms with Crippen LogP contribution in [0.1, 0.15) is 32.1 Å². The van der Waals surface area contributed by atoms with Crippen LogP contribution in [-0.4, -0.2) is 40.5 Å². The average Bonchev–Trinajstić information content (AvgIpc) is 2.47. The molecule has 0 aliphatic heterocycles. The highest BCUT2D eigenvalue weighted by atomic mass is 16.6. The summed E-state index contributed by atoms with van der Waals surface area (Å²) in [5, 5.41) is 16.0. The fourth-order valence-corrected chi connectivity index (χ4v) is 2.45. The standard InChI is InChI=1S/C14H22N6O2/c1-19(2)18-14-12(20(21)22)13(16-10-17-14)15-9-8-11-6-4-3-5-7-11/h6,10H,3-5,7-9H2,1-2H3,(H2,15,16,17,18). The number of nitro groups is 1. The quantitative estimate of drug-likeness (QED) is 0.454. The van der Waals surface area contributed by atoms with Crippen LogP contribution in [0.3, 0.4) is 0 Å². The fraction of sp³-hybridized carbons (Fsp3) is 0.571. The van der Waals surface area contributed by atoms with E-state index in [2.05, 4.69) is 26.8 Å². The summed E-state index contributed by atoms with van der Waals surface area (Å²) < 4.78 is 0. The third-order valence-electron chi connectivity index (χ3n) is 3.46. The van der Waals surface area contributed by atoms with E-state index in [-0.39, 0.29) is 17.3 Å². The van der Waals surface area contributed by atoms with Crippen LogP contribution in [0, 0.1) is 10.1 Å². The molecule has 8 heteroatoms. The molecule has 0 radical (unpaired) electrons. The SMILES string of the molecule is CN(C)Nc1ncnc(NCCC2=CCCCC2)c1[N+](=O)[O-]. The van der Waals surface area contributed by atoms with E-state index in [1.165, 1.54) is 24.7 Å². The van der Waals surface area contributed by atoms with Crippen molar-refractivity contribution in [3.63, 3.8) is 0 Å². The van der Waals surface area contributed by atoms with Crippen molar-refractivity contribution >= 4 is 17.3 Å². The Morgan fingerprint density at radius 3 is 2.73 bits per heavy atom. The predicted molar refractivity (Wildman–Crippen MR) is 85.7 cm³/mol. The normalized spacial score (nSPS) is 14.6. The Bertz CT molecular complexity index is 558. The molecule has 0 unspecified atom stereocenters. The molecule has 2 N–H and O–H groups in total. The summed E-state index contributed by atoms with van der Waals surface area (Å²) in [6, 6.07) is 0. The van der Waals surface area contributed by atoms with E-state index in [1.54, 1.807) is 19.1 Å². The number of nitrogens with one attached hydrogen (secondary N) is 2. The Balaban J connectivity index is 2.05. The zero-order valence-corrected chi connectivity index (χ0v) is 13.0. The molecule has 120 valence electrons. The number of rotatable bonds is 7. The maximum absolute atomic E-state index is 11.3. The zero-order chi connectivity index (χ0) is 15.9. The van der Waals surface area contributed by atoms with E-state index in [0.717, 1.165) is 19.3 Å². The van der Waals surface area contributed by atoms with E-state index in [9.17, 15) is 10.1 Å². The van der Waals surface area contributed by atoms with Gasteiger partial charge in [0.15, 0.2) is 0 Å². The summed E-state index contributed by atoms with van der Waals surface area (Å²) in [4.78, 5) is 18.8. The molecule has 22 heavy (non-hydrogen) atoms. The van der Waals surface area contributed by atoms with Gasteiger partial charge in [0, 0.05) is 20.6 Å². The van der Waals surface area contributed by atoms with Gasteiger partial charge in [-0.3, -0.25) is 15.5 Å². The molecule has 1 aromatic rings. The summed E-state index contributed by atoms with van der Waals surface area (Å²) in [6.07, 6.45) is 9.24. The average molecular weight is 306 g/mol. The molecule has 0 aromatic carbocycles. The lowest BCUT2D eigenvalue weighted by molar-refractivity contribution is -0.383. The molecule has 0 spiro atoms. The van der Waals surface area contributed by atoms with Crippen LogP contribution in [0.2, 0.25) is 0 Å². The second-order valence-electron chi connectivity index (χ2n) is 5.47. The van der Waals surface area contributed by atoms with Crippen molar-refractivity contribution in [1.82, 2.24) is 15.0 Å². The minimum absolute atomic E-state index is 0.131. The largest absolute Gasteiger partial charge is 0.364 e. The summed E-state index contributed by atoms with van der Waals surface area (Å²) in [5.41, 5.74) is 4.11. The first-order chi connectivity index (χ1) is 10.6. The number of hydrazine groups is 1. The molecular weight excluding hydrogens is 284 g/mol. The number of hydrogen-bond donors (Lipinski definition) is 2. The number of aromatic nitrogens is 2. The Morgan fingerprint density at radius 1 is 1.32 bits per heavy atom. The van der Waals surface area contributed by atoms with Crippen molar-refractivity contribution < 1.29 is 4.92 Å². The first kappa shape index (κ1) is 16.2. The number of allylic oxidation sites excluding steroid dienone is 1. The lowest BCUT2D eigenvalue weighted by Crippen LogP contribution is -2.22. The second-order valence-corrected chi connectivity index (χ2v) is 5.47. The van der Waals surface area contributed by atoms with Gasteiger partial charge >= 0.3 is 5.69 Å². The van der Waals surface area contributed by atoms with E-state index < -0.39 is 4.92 Å². The molecule has 0 saturated carbocycles. The van der Waals surface area contributed by atoms with E-state index in [0.29, 0.717) is 6.54 Å². The van der Waals surface area contributed by atoms with Crippen molar-refractivity contribution in [1.29, 1.82) is 0 Å². The van der Waals surface area contributed by atoms with Crippen molar-refractivity contribution in [2.24, 2.45) is 0 Å². The van der Waals surface area contributed by atoms with Crippen LogP contribution in [0.15, 0.2) is 18.0 Å². The number of nitrogens with zero attached hydrogens (tertiary/aromatic N) is 4. The molecule has 1 heterocycles. The number of hydrogen-bond acceptors (Lipinski definition) is 7. The topological polar surface area (TPSA) is 96.2 Å².